The largest absolute Gasteiger partial charge is 0.377 e. The van der Waals surface area contributed by atoms with Gasteiger partial charge in [0, 0.05) is 17.1 Å². The van der Waals surface area contributed by atoms with Gasteiger partial charge in [-0.3, -0.25) is 0 Å². The minimum atomic E-state index is -3.81. The number of hydrogen-bond donors (Lipinski definition) is 1. The highest BCUT2D eigenvalue weighted by atomic mass is 32.2. The van der Waals surface area contributed by atoms with Crippen molar-refractivity contribution in [3.8, 4) is 5.75 Å². The van der Waals surface area contributed by atoms with E-state index in [1.807, 2.05) is 31.2 Å². The van der Waals surface area contributed by atoms with Crippen molar-refractivity contribution in [1.29, 1.82) is 0 Å². The Bertz CT molecular complexity index is 848. The molecule has 0 bridgehead atoms. The van der Waals surface area contributed by atoms with Gasteiger partial charge in [0.2, 0.25) is 0 Å². The quantitative estimate of drug-likeness (QED) is 0.752. The number of para-hydroxylation sites is 1. The van der Waals surface area contributed by atoms with E-state index in [1.54, 1.807) is 30.5 Å². The fourth-order valence-electron chi connectivity index (χ4n) is 1.99. The molecule has 0 unspecified atom stereocenters. The number of benzene rings is 2. The summed E-state index contributed by atoms with van der Waals surface area (Å²) < 4.78 is 29.7. The first kappa shape index (κ1) is 12.7. The van der Waals surface area contributed by atoms with E-state index in [-0.39, 0.29) is 4.90 Å². The van der Waals surface area contributed by atoms with Crippen molar-refractivity contribution in [2.24, 2.45) is 0 Å². The van der Waals surface area contributed by atoms with Crippen LogP contribution in [0.4, 0.5) is 0 Å². The van der Waals surface area contributed by atoms with Crippen LogP contribution in [0.15, 0.2) is 59.6 Å². The van der Waals surface area contributed by atoms with Crippen LogP contribution in [0.5, 0.6) is 5.75 Å². The number of aryl methyl sites for hydroxylation is 1. The van der Waals surface area contributed by atoms with Gasteiger partial charge in [-0.1, -0.05) is 29.8 Å². The van der Waals surface area contributed by atoms with E-state index >= 15 is 0 Å². The summed E-state index contributed by atoms with van der Waals surface area (Å²) in [4.78, 5) is 3.13. The molecule has 4 nitrogen and oxygen atoms in total. The molecule has 20 heavy (non-hydrogen) atoms. The topological polar surface area (TPSA) is 59.2 Å². The summed E-state index contributed by atoms with van der Waals surface area (Å²) in [6.07, 6.45) is 1.55. The minimum absolute atomic E-state index is 0.147. The Labute approximate surface area is 117 Å². The van der Waals surface area contributed by atoms with Crippen LogP contribution in [0.25, 0.3) is 10.9 Å². The molecule has 0 aliphatic carbocycles. The normalized spacial score (nSPS) is 11.7. The number of aromatic amines is 1. The number of aromatic nitrogens is 1. The number of rotatable bonds is 3. The summed E-state index contributed by atoms with van der Waals surface area (Å²) in [5.41, 5.74) is 1.83. The molecule has 3 aromatic rings. The fraction of sp³-hybridized carbons (Fsp3) is 0.0667. The molecular weight excluding hydrogens is 274 g/mol. The fourth-order valence-corrected chi connectivity index (χ4v) is 2.93. The van der Waals surface area contributed by atoms with E-state index in [0.29, 0.717) is 5.75 Å². The predicted octanol–water partition coefficient (Wildman–Crippen LogP) is 3.24. The molecular formula is C15H13NO3S. The van der Waals surface area contributed by atoms with Crippen molar-refractivity contribution in [3.63, 3.8) is 0 Å². The molecule has 0 saturated carbocycles. The Kier molecular flexibility index (Phi) is 2.99. The summed E-state index contributed by atoms with van der Waals surface area (Å²) in [5.74, 6) is 0.307. The smallest absolute Gasteiger partial charge is 0.339 e. The molecule has 3 rings (SSSR count). The number of fused-ring (bicyclic) bond motifs is 1. The molecule has 1 N–H and O–H groups in total. The number of H-pyrrole nitrogens is 1. The molecule has 0 saturated heterocycles. The van der Waals surface area contributed by atoms with Gasteiger partial charge in [0.25, 0.3) is 0 Å². The van der Waals surface area contributed by atoms with Gasteiger partial charge in [-0.05, 0) is 31.2 Å². The van der Waals surface area contributed by atoms with Crippen LogP contribution in [0.1, 0.15) is 5.56 Å². The van der Waals surface area contributed by atoms with E-state index < -0.39 is 10.1 Å². The Morgan fingerprint density at radius 1 is 1.00 bits per heavy atom. The highest BCUT2D eigenvalue weighted by Gasteiger charge is 2.18. The second-order valence-electron chi connectivity index (χ2n) is 4.55. The van der Waals surface area contributed by atoms with Crippen LogP contribution in [0, 0.1) is 6.92 Å². The predicted molar refractivity (Wildman–Crippen MR) is 77.3 cm³/mol. The lowest BCUT2D eigenvalue weighted by atomic mass is 10.2. The first-order valence-electron chi connectivity index (χ1n) is 6.13. The van der Waals surface area contributed by atoms with Gasteiger partial charge in [-0.15, -0.1) is 0 Å². The lowest BCUT2D eigenvalue weighted by Crippen LogP contribution is -2.09. The Morgan fingerprint density at radius 3 is 2.45 bits per heavy atom. The van der Waals surface area contributed by atoms with E-state index in [1.165, 1.54) is 0 Å². The molecule has 5 heteroatoms. The van der Waals surface area contributed by atoms with Gasteiger partial charge in [0.05, 0.1) is 0 Å². The van der Waals surface area contributed by atoms with Crippen LogP contribution in [-0.2, 0) is 10.1 Å². The highest BCUT2D eigenvalue weighted by molar-refractivity contribution is 7.87. The third kappa shape index (κ3) is 2.28. The van der Waals surface area contributed by atoms with Gasteiger partial charge in [-0.25, -0.2) is 0 Å². The lowest BCUT2D eigenvalue weighted by molar-refractivity contribution is 0.488. The summed E-state index contributed by atoms with van der Waals surface area (Å²) in [6.45, 7) is 1.90. The summed E-state index contributed by atoms with van der Waals surface area (Å²) in [7, 11) is -3.81. The zero-order valence-electron chi connectivity index (χ0n) is 10.8. The van der Waals surface area contributed by atoms with E-state index in [4.69, 9.17) is 4.18 Å². The highest BCUT2D eigenvalue weighted by Crippen LogP contribution is 2.27. The van der Waals surface area contributed by atoms with Crippen molar-refractivity contribution >= 4 is 21.0 Å². The van der Waals surface area contributed by atoms with E-state index in [2.05, 4.69) is 4.98 Å². The summed E-state index contributed by atoms with van der Waals surface area (Å²) in [6, 6.07) is 13.9. The molecule has 2 aromatic carbocycles. The Balaban J connectivity index is 1.99. The Morgan fingerprint density at radius 2 is 1.70 bits per heavy atom. The van der Waals surface area contributed by atoms with Crippen LogP contribution < -0.4 is 4.18 Å². The van der Waals surface area contributed by atoms with Crippen LogP contribution in [0.3, 0.4) is 0 Å². The average molecular weight is 287 g/mol. The number of hydrogen-bond acceptors (Lipinski definition) is 3. The maximum absolute atomic E-state index is 12.2. The second kappa shape index (κ2) is 4.68. The first-order valence-corrected chi connectivity index (χ1v) is 7.54. The van der Waals surface area contributed by atoms with Crippen molar-refractivity contribution < 1.29 is 12.6 Å². The first-order chi connectivity index (χ1) is 9.56. The zero-order valence-corrected chi connectivity index (χ0v) is 11.6. The van der Waals surface area contributed by atoms with E-state index in [9.17, 15) is 8.42 Å². The Hall–Kier alpha value is -2.27. The molecule has 1 heterocycles. The van der Waals surface area contributed by atoms with Crippen molar-refractivity contribution in [2.75, 3.05) is 0 Å². The molecule has 0 aliphatic heterocycles. The monoisotopic (exact) mass is 287 g/mol. The zero-order chi connectivity index (χ0) is 14.2. The van der Waals surface area contributed by atoms with Crippen LogP contribution in [0.2, 0.25) is 0 Å². The maximum atomic E-state index is 12.2. The van der Waals surface area contributed by atoms with Crippen LogP contribution in [-0.4, -0.2) is 13.4 Å². The standard InChI is InChI=1S/C15H13NO3S/c1-11-6-8-12(9-7-11)20(17,18)19-15-10-16-14-5-3-2-4-13(14)15/h2-10,16H,1H3. The third-order valence-electron chi connectivity index (χ3n) is 3.06. The summed E-state index contributed by atoms with van der Waals surface area (Å²) in [5, 5.41) is 0.739. The summed E-state index contributed by atoms with van der Waals surface area (Å²) >= 11 is 0. The molecule has 102 valence electrons. The SMILES string of the molecule is Cc1ccc(S(=O)(=O)Oc2c[nH]c3ccccc23)cc1. The number of nitrogens with one attached hydrogen (secondary N) is 1. The van der Waals surface area contributed by atoms with Crippen molar-refractivity contribution in [2.45, 2.75) is 11.8 Å². The molecule has 0 amide bonds. The molecule has 0 aliphatic rings. The lowest BCUT2D eigenvalue weighted by Gasteiger charge is -2.06. The van der Waals surface area contributed by atoms with E-state index in [0.717, 1.165) is 16.5 Å². The van der Waals surface area contributed by atoms with Gasteiger partial charge in [0.15, 0.2) is 5.75 Å². The maximum Gasteiger partial charge on any atom is 0.339 e. The second-order valence-corrected chi connectivity index (χ2v) is 6.10. The van der Waals surface area contributed by atoms with Crippen LogP contribution >= 0.6 is 0 Å². The van der Waals surface area contributed by atoms with Gasteiger partial charge >= 0.3 is 10.1 Å². The molecule has 0 fully saturated rings. The van der Waals surface area contributed by atoms with Crippen molar-refractivity contribution in [3.05, 3.63) is 60.3 Å². The minimum Gasteiger partial charge on any atom is -0.377 e. The van der Waals surface area contributed by atoms with Crippen molar-refractivity contribution in [1.82, 2.24) is 4.98 Å². The molecule has 0 spiro atoms. The molecule has 1 aromatic heterocycles. The van der Waals surface area contributed by atoms with Gasteiger partial charge < -0.3 is 9.17 Å². The van der Waals surface area contributed by atoms with Gasteiger partial charge in [-0.2, -0.15) is 8.42 Å². The average Bonchev–Trinajstić information content (AvgIpc) is 2.82. The third-order valence-corrected chi connectivity index (χ3v) is 4.31. The van der Waals surface area contributed by atoms with Gasteiger partial charge in [0.1, 0.15) is 4.90 Å². The molecule has 0 atom stereocenters. The molecule has 0 radical (unpaired) electrons.